The summed E-state index contributed by atoms with van der Waals surface area (Å²) < 4.78 is 13.1. The average Bonchev–Trinajstić information content (AvgIpc) is 2.35. The lowest BCUT2D eigenvalue weighted by Gasteiger charge is -2.05. The van der Waals surface area contributed by atoms with Gasteiger partial charge < -0.3 is 5.73 Å². The van der Waals surface area contributed by atoms with E-state index in [1.165, 1.54) is 12.1 Å². The molecule has 0 unspecified atom stereocenters. The SMILES string of the molecule is Cc1cc(C(=O)Cc2cccnc2N)ccc1F. The van der Waals surface area contributed by atoms with Crippen LogP contribution >= 0.6 is 0 Å². The lowest BCUT2D eigenvalue weighted by atomic mass is 10.0. The summed E-state index contributed by atoms with van der Waals surface area (Å²) in [6.45, 7) is 1.63. The highest BCUT2D eigenvalue weighted by Gasteiger charge is 2.10. The summed E-state index contributed by atoms with van der Waals surface area (Å²) in [5.74, 6) is -0.0603. The molecule has 0 bridgehead atoms. The van der Waals surface area contributed by atoms with E-state index in [1.54, 1.807) is 31.3 Å². The Kier molecular flexibility index (Phi) is 3.37. The molecule has 0 radical (unpaired) electrons. The van der Waals surface area contributed by atoms with Crippen molar-refractivity contribution >= 4 is 11.6 Å². The quantitative estimate of drug-likeness (QED) is 0.844. The molecule has 0 fully saturated rings. The molecule has 4 heteroatoms. The van der Waals surface area contributed by atoms with E-state index >= 15 is 0 Å². The van der Waals surface area contributed by atoms with Crippen molar-refractivity contribution in [3.63, 3.8) is 0 Å². The molecule has 1 aromatic heterocycles. The van der Waals surface area contributed by atoms with Crippen molar-refractivity contribution < 1.29 is 9.18 Å². The van der Waals surface area contributed by atoms with Gasteiger partial charge in [0.1, 0.15) is 11.6 Å². The van der Waals surface area contributed by atoms with Crippen LogP contribution < -0.4 is 5.73 Å². The molecule has 92 valence electrons. The molecule has 1 aromatic carbocycles. The molecule has 18 heavy (non-hydrogen) atoms. The number of nitrogen functional groups attached to an aromatic ring is 1. The first-order chi connectivity index (χ1) is 8.58. The summed E-state index contributed by atoms with van der Waals surface area (Å²) in [7, 11) is 0. The predicted molar refractivity (Wildman–Crippen MR) is 67.8 cm³/mol. The third-order valence-corrected chi connectivity index (χ3v) is 2.76. The third-order valence-electron chi connectivity index (χ3n) is 2.76. The maximum Gasteiger partial charge on any atom is 0.167 e. The number of rotatable bonds is 3. The van der Waals surface area contributed by atoms with Gasteiger partial charge >= 0.3 is 0 Å². The van der Waals surface area contributed by atoms with E-state index in [-0.39, 0.29) is 18.0 Å². The van der Waals surface area contributed by atoms with Crippen LogP contribution in [0.15, 0.2) is 36.5 Å². The summed E-state index contributed by atoms with van der Waals surface area (Å²) in [4.78, 5) is 15.9. The van der Waals surface area contributed by atoms with Crippen LogP contribution in [-0.2, 0) is 6.42 Å². The van der Waals surface area contributed by atoms with Crippen LogP contribution in [0.3, 0.4) is 0 Å². The number of aryl methyl sites for hydroxylation is 1. The van der Waals surface area contributed by atoms with Crippen LogP contribution in [0.2, 0.25) is 0 Å². The van der Waals surface area contributed by atoms with Crippen LogP contribution in [0.25, 0.3) is 0 Å². The number of hydrogen-bond acceptors (Lipinski definition) is 3. The number of halogens is 1. The van der Waals surface area contributed by atoms with E-state index in [4.69, 9.17) is 5.73 Å². The lowest BCUT2D eigenvalue weighted by Crippen LogP contribution is -2.07. The maximum absolute atomic E-state index is 13.1. The molecule has 3 nitrogen and oxygen atoms in total. The Balaban J connectivity index is 2.22. The highest BCUT2D eigenvalue weighted by molar-refractivity contribution is 5.98. The second kappa shape index (κ2) is 4.96. The fraction of sp³-hybridized carbons (Fsp3) is 0.143. The van der Waals surface area contributed by atoms with E-state index in [2.05, 4.69) is 4.98 Å². The average molecular weight is 244 g/mol. The molecule has 0 saturated carbocycles. The summed E-state index contributed by atoms with van der Waals surface area (Å²) in [6, 6.07) is 7.82. The van der Waals surface area contributed by atoms with Crippen molar-refractivity contribution in [3.8, 4) is 0 Å². The van der Waals surface area contributed by atoms with Gasteiger partial charge in [-0.05, 0) is 36.8 Å². The highest BCUT2D eigenvalue weighted by Crippen LogP contribution is 2.14. The number of benzene rings is 1. The van der Waals surface area contributed by atoms with Crippen molar-refractivity contribution in [3.05, 3.63) is 59.0 Å². The van der Waals surface area contributed by atoms with Gasteiger partial charge in [0.05, 0.1) is 0 Å². The standard InChI is InChI=1S/C14H13FN2O/c1-9-7-10(4-5-12(9)15)13(18)8-11-3-2-6-17-14(11)16/h2-7H,8H2,1H3,(H2,16,17). The van der Waals surface area contributed by atoms with Crippen LogP contribution in [-0.4, -0.2) is 10.8 Å². The maximum atomic E-state index is 13.1. The zero-order chi connectivity index (χ0) is 13.1. The van der Waals surface area contributed by atoms with Crippen molar-refractivity contribution in [2.45, 2.75) is 13.3 Å². The Labute approximate surface area is 104 Å². The van der Waals surface area contributed by atoms with Gasteiger partial charge in [-0.25, -0.2) is 9.37 Å². The Bertz CT molecular complexity index is 596. The molecule has 0 atom stereocenters. The first-order valence-corrected chi connectivity index (χ1v) is 5.56. The second-order valence-corrected chi connectivity index (χ2v) is 4.11. The van der Waals surface area contributed by atoms with Crippen molar-refractivity contribution in [2.24, 2.45) is 0 Å². The van der Waals surface area contributed by atoms with Gasteiger partial charge in [0.15, 0.2) is 5.78 Å². The minimum absolute atomic E-state index is 0.0993. The van der Waals surface area contributed by atoms with Crippen LogP contribution in [0, 0.1) is 12.7 Å². The van der Waals surface area contributed by atoms with Gasteiger partial charge in [0.2, 0.25) is 0 Å². The molecule has 0 aliphatic carbocycles. The van der Waals surface area contributed by atoms with E-state index in [9.17, 15) is 9.18 Å². The topological polar surface area (TPSA) is 56.0 Å². The van der Waals surface area contributed by atoms with Gasteiger partial charge in [-0.15, -0.1) is 0 Å². The molecular weight excluding hydrogens is 231 g/mol. The molecule has 0 aliphatic heterocycles. The van der Waals surface area contributed by atoms with Gasteiger partial charge in [-0.2, -0.15) is 0 Å². The van der Waals surface area contributed by atoms with Crippen molar-refractivity contribution in [1.82, 2.24) is 4.98 Å². The normalized spacial score (nSPS) is 10.3. The van der Waals surface area contributed by atoms with Gasteiger partial charge in [0, 0.05) is 23.7 Å². The van der Waals surface area contributed by atoms with Crippen LogP contribution in [0.1, 0.15) is 21.5 Å². The Morgan fingerprint density at radius 3 is 2.83 bits per heavy atom. The number of anilines is 1. The number of nitrogens with zero attached hydrogens (tertiary/aromatic N) is 1. The summed E-state index contributed by atoms with van der Waals surface area (Å²) in [5, 5.41) is 0. The molecule has 1 heterocycles. The van der Waals surface area contributed by atoms with Gasteiger partial charge in [-0.1, -0.05) is 6.07 Å². The number of nitrogens with two attached hydrogens (primary N) is 1. The molecule has 0 spiro atoms. The summed E-state index contributed by atoms with van der Waals surface area (Å²) in [6.07, 6.45) is 1.75. The molecule has 0 saturated heterocycles. The predicted octanol–water partition coefficient (Wildman–Crippen LogP) is 2.54. The number of carbonyl (C=O) groups excluding carboxylic acids is 1. The smallest absolute Gasteiger partial charge is 0.167 e. The number of pyridine rings is 1. The Morgan fingerprint density at radius 2 is 2.17 bits per heavy atom. The van der Waals surface area contributed by atoms with Gasteiger partial charge in [0.25, 0.3) is 0 Å². The summed E-state index contributed by atoms with van der Waals surface area (Å²) >= 11 is 0. The zero-order valence-corrected chi connectivity index (χ0v) is 9.98. The van der Waals surface area contributed by atoms with Gasteiger partial charge in [-0.3, -0.25) is 4.79 Å². The van der Waals surface area contributed by atoms with Crippen LogP contribution in [0.5, 0.6) is 0 Å². The fourth-order valence-corrected chi connectivity index (χ4v) is 1.69. The number of Topliss-reactive ketones (excluding diaryl/α,β-unsaturated/α-hetero) is 1. The molecule has 0 amide bonds. The molecule has 2 rings (SSSR count). The molecular formula is C14H13FN2O. The number of carbonyl (C=O) groups is 1. The monoisotopic (exact) mass is 244 g/mol. The fourth-order valence-electron chi connectivity index (χ4n) is 1.69. The Hall–Kier alpha value is -2.23. The lowest BCUT2D eigenvalue weighted by molar-refractivity contribution is 0.0993. The first-order valence-electron chi connectivity index (χ1n) is 5.56. The molecule has 0 aliphatic rings. The van der Waals surface area contributed by atoms with E-state index in [0.717, 1.165) is 0 Å². The first kappa shape index (κ1) is 12.2. The van der Waals surface area contributed by atoms with Crippen LogP contribution in [0.4, 0.5) is 10.2 Å². The zero-order valence-electron chi connectivity index (χ0n) is 9.98. The molecule has 2 N–H and O–H groups in total. The van der Waals surface area contributed by atoms with E-state index in [0.29, 0.717) is 22.5 Å². The Morgan fingerprint density at radius 1 is 1.39 bits per heavy atom. The highest BCUT2D eigenvalue weighted by atomic mass is 19.1. The van der Waals surface area contributed by atoms with Crippen molar-refractivity contribution in [2.75, 3.05) is 5.73 Å². The van der Waals surface area contributed by atoms with E-state index in [1.807, 2.05) is 0 Å². The number of ketones is 1. The van der Waals surface area contributed by atoms with E-state index < -0.39 is 0 Å². The second-order valence-electron chi connectivity index (χ2n) is 4.11. The largest absolute Gasteiger partial charge is 0.383 e. The number of hydrogen-bond donors (Lipinski definition) is 1. The minimum Gasteiger partial charge on any atom is -0.383 e. The van der Waals surface area contributed by atoms with Crippen molar-refractivity contribution in [1.29, 1.82) is 0 Å². The molecule has 2 aromatic rings. The third kappa shape index (κ3) is 2.53. The minimum atomic E-state index is -0.313. The number of aromatic nitrogens is 1. The summed E-state index contributed by atoms with van der Waals surface area (Å²) in [5.41, 5.74) is 7.30.